The van der Waals surface area contributed by atoms with Crippen molar-refractivity contribution in [3.8, 4) is 0 Å². The van der Waals surface area contributed by atoms with Gasteiger partial charge in [0.1, 0.15) is 0 Å². The van der Waals surface area contributed by atoms with E-state index in [1.54, 1.807) is 51.0 Å². The Morgan fingerprint density at radius 3 is 2.64 bits per heavy atom. The summed E-state index contributed by atoms with van der Waals surface area (Å²) < 4.78 is 41.3. The largest absolute Gasteiger partial charge is 0.416 e. The predicted molar refractivity (Wildman–Crippen MR) is 99.9 cm³/mol. The van der Waals surface area contributed by atoms with Crippen LogP contribution in [0.1, 0.15) is 34.1 Å². The fourth-order valence-electron chi connectivity index (χ4n) is 3.24. The lowest BCUT2D eigenvalue weighted by Gasteiger charge is -2.26. The molecule has 0 aliphatic rings. The second-order valence-corrected chi connectivity index (χ2v) is 6.94. The van der Waals surface area contributed by atoms with Crippen LogP contribution in [-0.2, 0) is 19.6 Å². The maximum absolute atomic E-state index is 13.2. The minimum atomic E-state index is -4.43. The number of aryl methyl sites for hydroxylation is 2. The van der Waals surface area contributed by atoms with E-state index < -0.39 is 17.8 Å². The summed E-state index contributed by atoms with van der Waals surface area (Å²) in [5.41, 5.74) is 1.19. The van der Waals surface area contributed by atoms with Crippen molar-refractivity contribution in [2.75, 3.05) is 7.05 Å². The summed E-state index contributed by atoms with van der Waals surface area (Å²) in [5, 5.41) is 4.77. The second-order valence-electron chi connectivity index (χ2n) is 6.94. The first-order chi connectivity index (χ1) is 13.1. The van der Waals surface area contributed by atoms with Gasteiger partial charge in [0.15, 0.2) is 5.65 Å². The highest BCUT2D eigenvalue weighted by Crippen LogP contribution is 2.32. The molecule has 0 aliphatic heterocycles. The van der Waals surface area contributed by atoms with Crippen LogP contribution in [0.15, 0.2) is 36.5 Å². The Morgan fingerprint density at radius 1 is 1.29 bits per heavy atom. The number of aromatic nitrogens is 3. The molecule has 148 valence electrons. The van der Waals surface area contributed by atoms with Crippen LogP contribution < -0.4 is 0 Å². The van der Waals surface area contributed by atoms with Crippen molar-refractivity contribution in [3.63, 3.8) is 0 Å². The van der Waals surface area contributed by atoms with Gasteiger partial charge in [-0.05, 0) is 38.0 Å². The number of pyridine rings is 1. The van der Waals surface area contributed by atoms with Crippen molar-refractivity contribution in [1.82, 2.24) is 19.7 Å². The molecule has 2 heterocycles. The summed E-state index contributed by atoms with van der Waals surface area (Å²) in [7, 11) is 3.34. The van der Waals surface area contributed by atoms with Gasteiger partial charge < -0.3 is 4.90 Å². The average molecular weight is 390 g/mol. The summed E-state index contributed by atoms with van der Waals surface area (Å²) in [5.74, 6) is -0.277. The molecule has 0 N–H and O–H groups in total. The number of benzene rings is 1. The van der Waals surface area contributed by atoms with E-state index in [-0.39, 0.29) is 17.9 Å². The van der Waals surface area contributed by atoms with Gasteiger partial charge in [0, 0.05) is 25.8 Å². The molecule has 3 rings (SSSR count). The SMILES string of the molecule is Cc1cc(C(=O)N(C)C(C)Cc2ccccc2C(F)(F)F)c2cnn(C)c2n1. The lowest BCUT2D eigenvalue weighted by atomic mass is 9.99. The number of hydrogen-bond acceptors (Lipinski definition) is 3. The molecule has 28 heavy (non-hydrogen) atoms. The van der Waals surface area contributed by atoms with Crippen LogP contribution >= 0.6 is 0 Å². The number of fused-ring (bicyclic) bond motifs is 1. The zero-order chi connectivity index (χ0) is 20.6. The topological polar surface area (TPSA) is 51.0 Å². The van der Waals surface area contributed by atoms with E-state index in [9.17, 15) is 18.0 Å². The predicted octanol–water partition coefficient (Wildman–Crippen LogP) is 4.00. The lowest BCUT2D eigenvalue weighted by Crippen LogP contribution is -2.37. The van der Waals surface area contributed by atoms with Crippen molar-refractivity contribution in [3.05, 3.63) is 58.9 Å². The van der Waals surface area contributed by atoms with Crippen LogP contribution in [0.5, 0.6) is 0 Å². The van der Waals surface area contributed by atoms with Gasteiger partial charge in [-0.3, -0.25) is 9.48 Å². The average Bonchev–Trinajstić information content (AvgIpc) is 3.00. The molecule has 0 saturated heterocycles. The summed E-state index contributed by atoms with van der Waals surface area (Å²) in [6, 6.07) is 6.70. The standard InChI is InChI=1S/C20H21F3N4O/c1-12-9-15(16-11-24-27(4)18(16)25-12)19(28)26(3)13(2)10-14-7-5-6-8-17(14)20(21,22)23/h5-9,11,13H,10H2,1-4H3. The van der Waals surface area contributed by atoms with E-state index >= 15 is 0 Å². The Hall–Kier alpha value is -2.90. The van der Waals surface area contributed by atoms with Crippen molar-refractivity contribution >= 4 is 16.9 Å². The van der Waals surface area contributed by atoms with Crippen molar-refractivity contribution < 1.29 is 18.0 Å². The Bertz CT molecular complexity index is 1030. The third-order valence-electron chi connectivity index (χ3n) is 4.88. The molecule has 8 heteroatoms. The number of hydrogen-bond donors (Lipinski definition) is 0. The molecule has 1 amide bonds. The van der Waals surface area contributed by atoms with Gasteiger partial charge in [0.25, 0.3) is 5.91 Å². The van der Waals surface area contributed by atoms with E-state index in [4.69, 9.17) is 0 Å². The third-order valence-corrected chi connectivity index (χ3v) is 4.88. The number of alkyl halides is 3. The summed E-state index contributed by atoms with van der Waals surface area (Å²) in [6.07, 6.45) is -2.76. The van der Waals surface area contributed by atoms with Crippen molar-refractivity contribution in [1.29, 1.82) is 0 Å². The molecule has 1 atom stereocenters. The zero-order valence-corrected chi connectivity index (χ0v) is 16.1. The number of carbonyl (C=O) groups is 1. The molecule has 0 radical (unpaired) electrons. The van der Waals surface area contributed by atoms with E-state index in [2.05, 4.69) is 10.1 Å². The van der Waals surface area contributed by atoms with Gasteiger partial charge in [-0.15, -0.1) is 0 Å². The van der Waals surface area contributed by atoms with Crippen LogP contribution in [0, 0.1) is 6.92 Å². The van der Waals surface area contributed by atoms with Crippen LogP contribution in [0.4, 0.5) is 13.2 Å². The van der Waals surface area contributed by atoms with E-state index in [1.807, 2.05) is 0 Å². The normalized spacial score (nSPS) is 13.0. The number of nitrogens with zero attached hydrogens (tertiary/aromatic N) is 4. The molecule has 0 fully saturated rings. The first-order valence-corrected chi connectivity index (χ1v) is 8.81. The monoisotopic (exact) mass is 390 g/mol. The molecule has 0 spiro atoms. The molecule has 5 nitrogen and oxygen atoms in total. The molecule has 1 unspecified atom stereocenters. The van der Waals surface area contributed by atoms with Crippen molar-refractivity contribution in [2.24, 2.45) is 7.05 Å². The van der Waals surface area contributed by atoms with Gasteiger partial charge in [-0.25, -0.2) is 4.98 Å². The molecular formula is C20H21F3N4O. The molecule has 0 aliphatic carbocycles. The van der Waals surface area contributed by atoms with E-state index in [0.29, 0.717) is 22.3 Å². The summed E-state index contributed by atoms with van der Waals surface area (Å²) >= 11 is 0. The Balaban J connectivity index is 1.89. The van der Waals surface area contributed by atoms with Gasteiger partial charge >= 0.3 is 6.18 Å². The highest BCUT2D eigenvalue weighted by molar-refractivity contribution is 6.05. The van der Waals surface area contributed by atoms with Crippen LogP contribution in [0.25, 0.3) is 11.0 Å². The number of halogens is 3. The van der Waals surface area contributed by atoms with Crippen molar-refractivity contribution in [2.45, 2.75) is 32.5 Å². The molecule has 3 aromatic rings. The number of likely N-dealkylation sites (N-methyl/N-ethyl adjacent to an activating group) is 1. The van der Waals surface area contributed by atoms with Gasteiger partial charge in [0.2, 0.25) is 0 Å². The van der Waals surface area contributed by atoms with Crippen LogP contribution in [-0.4, -0.2) is 38.7 Å². The fourth-order valence-corrected chi connectivity index (χ4v) is 3.24. The summed E-state index contributed by atoms with van der Waals surface area (Å²) in [6.45, 7) is 3.52. The maximum atomic E-state index is 13.2. The Kier molecular flexibility index (Phi) is 5.14. The quantitative estimate of drug-likeness (QED) is 0.677. The third kappa shape index (κ3) is 3.72. The highest BCUT2D eigenvalue weighted by Gasteiger charge is 2.33. The second kappa shape index (κ2) is 7.26. The number of rotatable bonds is 4. The molecule has 0 bridgehead atoms. The molecule has 1 aromatic carbocycles. The number of amides is 1. The maximum Gasteiger partial charge on any atom is 0.416 e. The fraction of sp³-hybridized carbons (Fsp3) is 0.350. The Labute approximate surface area is 160 Å². The summed E-state index contributed by atoms with van der Waals surface area (Å²) in [4.78, 5) is 18.9. The van der Waals surface area contributed by atoms with Gasteiger partial charge in [-0.1, -0.05) is 18.2 Å². The lowest BCUT2D eigenvalue weighted by molar-refractivity contribution is -0.138. The first kappa shape index (κ1) is 19.9. The molecule has 2 aromatic heterocycles. The zero-order valence-electron chi connectivity index (χ0n) is 16.1. The van der Waals surface area contributed by atoms with Crippen LogP contribution in [0.3, 0.4) is 0 Å². The minimum Gasteiger partial charge on any atom is -0.339 e. The number of carbonyl (C=O) groups excluding carboxylic acids is 1. The first-order valence-electron chi connectivity index (χ1n) is 8.81. The Morgan fingerprint density at radius 2 is 1.96 bits per heavy atom. The molecular weight excluding hydrogens is 369 g/mol. The smallest absolute Gasteiger partial charge is 0.339 e. The van der Waals surface area contributed by atoms with E-state index in [0.717, 1.165) is 6.07 Å². The minimum absolute atomic E-state index is 0.0954. The van der Waals surface area contributed by atoms with E-state index in [1.165, 1.54) is 17.0 Å². The van der Waals surface area contributed by atoms with Crippen LogP contribution in [0.2, 0.25) is 0 Å². The molecule has 0 saturated carbocycles. The van der Waals surface area contributed by atoms with Gasteiger partial charge in [0.05, 0.1) is 22.7 Å². The highest BCUT2D eigenvalue weighted by atomic mass is 19.4. The van der Waals surface area contributed by atoms with Gasteiger partial charge in [-0.2, -0.15) is 18.3 Å².